The van der Waals surface area contributed by atoms with Crippen LogP contribution in [0.15, 0.2) is 212 Å². The first-order valence-corrected chi connectivity index (χ1v) is 42.1. The lowest BCUT2D eigenvalue weighted by Crippen LogP contribution is -2.39. The number of benzene rings is 5. The van der Waals surface area contributed by atoms with Gasteiger partial charge in [0.25, 0.3) is 0 Å². The Kier molecular flexibility index (Phi) is 40.4. The van der Waals surface area contributed by atoms with E-state index in [4.69, 9.17) is 40.0 Å². The van der Waals surface area contributed by atoms with Crippen molar-refractivity contribution in [2.45, 2.75) is 193 Å². The number of hydrogen-bond acceptors (Lipinski definition) is 19. The molecule has 10 rings (SSSR count). The number of likely N-dealkylation sites (N-methyl/N-ethyl adjacent to an activating group) is 2. The fraction of sp³-hybridized carbons (Fsp3) is 0.426. The number of carbonyl (C=O) groups is 12. The zero-order chi connectivity index (χ0) is 86.8. The monoisotopic (exact) mass is 1680 g/mol. The number of thiophene rings is 1. The van der Waals surface area contributed by atoms with Crippen LogP contribution in [0.2, 0.25) is 5.02 Å². The molecule has 4 unspecified atom stereocenters. The van der Waals surface area contributed by atoms with Gasteiger partial charge in [0.15, 0.2) is 0 Å². The molecule has 4 aliphatic heterocycles. The molecule has 4 aliphatic rings. The van der Waals surface area contributed by atoms with E-state index in [1.165, 1.54) is 4.90 Å². The molecule has 642 valence electrons. The number of allylic oxidation sites excluding steroid dienone is 8. The minimum absolute atomic E-state index is 0.0145. The topological polar surface area (TPSA) is 315 Å². The molecule has 0 fully saturated rings. The van der Waals surface area contributed by atoms with Crippen molar-refractivity contribution in [1.29, 1.82) is 0 Å². The Hall–Kier alpha value is -11.3. The molecular formula is C94H115ClN6O18S. The first kappa shape index (κ1) is 95.8. The smallest absolute Gasteiger partial charge is 0.309 e. The van der Waals surface area contributed by atoms with E-state index in [1.807, 2.05) is 200 Å². The van der Waals surface area contributed by atoms with Crippen LogP contribution >= 0.6 is 22.9 Å². The van der Waals surface area contributed by atoms with Crippen molar-refractivity contribution >= 4 is 94.2 Å². The second kappa shape index (κ2) is 50.6. The van der Waals surface area contributed by atoms with Gasteiger partial charge in [-0.15, -0.1) is 11.3 Å². The van der Waals surface area contributed by atoms with E-state index in [1.54, 1.807) is 84.0 Å². The number of carbonyl (C=O) groups excluding carboxylic acids is 12. The van der Waals surface area contributed by atoms with Crippen molar-refractivity contribution < 1.29 is 86.0 Å². The number of nitrogens with one attached hydrogen (secondary N) is 4. The summed E-state index contributed by atoms with van der Waals surface area (Å²) in [6, 6.07) is 48.2. The summed E-state index contributed by atoms with van der Waals surface area (Å²) in [5, 5.41) is 14.1. The van der Waals surface area contributed by atoms with Crippen LogP contribution in [-0.2, 0) is 99.0 Å². The second-order valence-electron chi connectivity index (χ2n) is 31.5. The van der Waals surface area contributed by atoms with Crippen molar-refractivity contribution in [3.8, 4) is 0 Å². The molecule has 120 heavy (non-hydrogen) atoms. The number of nitrogens with zero attached hydrogens (tertiary/aromatic N) is 2. The Morgan fingerprint density at radius 3 is 1.32 bits per heavy atom. The first-order chi connectivity index (χ1) is 57.4. The number of hydrogen-bond donors (Lipinski definition) is 4. The summed E-state index contributed by atoms with van der Waals surface area (Å²) in [5.41, 5.74) is 3.07. The van der Waals surface area contributed by atoms with Gasteiger partial charge in [-0.2, -0.15) is 0 Å². The maximum absolute atomic E-state index is 13.2. The van der Waals surface area contributed by atoms with Gasteiger partial charge in [-0.25, -0.2) is 0 Å². The van der Waals surface area contributed by atoms with Crippen LogP contribution in [0.25, 0.3) is 0 Å². The molecule has 0 saturated carbocycles. The summed E-state index contributed by atoms with van der Waals surface area (Å²) >= 11 is 7.48. The highest BCUT2D eigenvalue weighted by Gasteiger charge is 2.33. The van der Waals surface area contributed by atoms with Crippen LogP contribution in [0.3, 0.4) is 0 Å². The molecule has 24 nitrogen and oxygen atoms in total. The van der Waals surface area contributed by atoms with Gasteiger partial charge in [0.2, 0.25) is 35.4 Å². The number of esters is 6. The third kappa shape index (κ3) is 36.9. The van der Waals surface area contributed by atoms with Gasteiger partial charge in [-0.3, -0.25) is 57.5 Å². The largest absolute Gasteiger partial charge is 0.463 e. The third-order valence-corrected chi connectivity index (χ3v) is 20.3. The molecule has 0 radical (unpaired) electrons. The molecule has 26 heteroatoms. The summed E-state index contributed by atoms with van der Waals surface area (Å²) in [6.45, 7) is 12.3. The van der Waals surface area contributed by atoms with E-state index in [-0.39, 0.29) is 125 Å². The van der Waals surface area contributed by atoms with Crippen LogP contribution in [0.5, 0.6) is 0 Å². The number of halogens is 1. The van der Waals surface area contributed by atoms with E-state index < -0.39 is 77.1 Å². The quantitative estimate of drug-likeness (QED) is 0.0397. The third-order valence-electron chi connectivity index (χ3n) is 19.2. The Bertz CT molecular complexity index is 4400. The van der Waals surface area contributed by atoms with Gasteiger partial charge >= 0.3 is 35.8 Å². The molecular weight excluding hydrogens is 1570 g/mol. The minimum Gasteiger partial charge on any atom is -0.463 e. The van der Waals surface area contributed by atoms with Crippen molar-refractivity contribution in [3.63, 3.8) is 0 Å². The molecule has 5 aromatic carbocycles. The number of rotatable bonds is 16. The second-order valence-corrected chi connectivity index (χ2v) is 33.0. The highest BCUT2D eigenvalue weighted by Crippen LogP contribution is 2.29. The summed E-state index contributed by atoms with van der Waals surface area (Å²) in [4.78, 5) is 154. The van der Waals surface area contributed by atoms with Crippen molar-refractivity contribution in [2.75, 3.05) is 40.3 Å². The van der Waals surface area contributed by atoms with E-state index in [0.717, 1.165) is 32.7 Å². The Morgan fingerprint density at radius 2 is 0.867 bits per heavy atom. The highest BCUT2D eigenvalue weighted by molar-refractivity contribution is 7.09. The number of amides is 6. The molecule has 1 aromatic heterocycles. The van der Waals surface area contributed by atoms with Crippen LogP contribution in [-0.4, -0.2) is 133 Å². The molecule has 4 N–H and O–H groups in total. The number of cyclic esters (lactones) is 4. The van der Waals surface area contributed by atoms with E-state index in [9.17, 15) is 57.5 Å². The van der Waals surface area contributed by atoms with Crippen molar-refractivity contribution in [1.82, 2.24) is 31.1 Å². The standard InChI is InChI=1S/C26H29ClN2O4.C23H26N2O4S.C23H31NO5.C22H29NO5/c1-29-18-23(20-8-4-2-5-9-20)33-25(31)11-7-3-6-10-21(26(29)32)16-24(30)28-17-19-12-14-22(27)15-13-19;26-21(24-15-19-11-7-13-30-19)14-18-10-5-2-6-12-22(27)29-20(16-25-23(18)28)17-8-3-1-4-9-17;1-23(2,3)29-21(26)15-18-13-9-6-10-14-20(25)28-19(16-24(4)22(18)27)17-11-7-5-8-12-17;1-22(2,3)28-20(25)14-17-12-8-5-9-13-19(24)23-18(15-27-21(17)26)16-10-6-4-7-11-16/h2-6,8-9,12-15,21,23H,7,10-11,16-18H2,1H3,(H,28,30);1-5,7-9,11,13,18,20H,6,10,12,14-16H2,(H,24,26)(H,25,28);5-9,11-12,18-19H,10,13-16H2,1-4H3;4-8,10-11,17-18H,9,12-15H2,1-3H3,(H,23,24)/b6-3+;5-2+;9-6+;8-5+/t21-,23?;18-,20?;18-,19?;17-,18?/m0000/s1. The fourth-order valence-corrected chi connectivity index (χ4v) is 13.8. The summed E-state index contributed by atoms with van der Waals surface area (Å²) in [5.74, 6) is -5.27. The summed E-state index contributed by atoms with van der Waals surface area (Å²) in [6.07, 6.45) is 18.4. The molecule has 8 atom stereocenters. The first-order valence-electron chi connectivity index (χ1n) is 40.8. The Balaban J connectivity index is 0.000000221. The van der Waals surface area contributed by atoms with E-state index in [0.29, 0.717) is 75.9 Å². The van der Waals surface area contributed by atoms with Gasteiger partial charge in [-0.05, 0) is 144 Å². The lowest BCUT2D eigenvalue weighted by molar-refractivity contribution is -0.161. The Labute approximate surface area is 713 Å². The molecule has 0 saturated heterocycles. The predicted molar refractivity (Wildman–Crippen MR) is 458 cm³/mol. The fourth-order valence-electron chi connectivity index (χ4n) is 13.0. The average molecular weight is 1680 g/mol. The zero-order valence-corrected chi connectivity index (χ0v) is 71.5. The van der Waals surface area contributed by atoms with Crippen LogP contribution in [0.1, 0.15) is 201 Å². The SMILES string of the molecule is CC(C)(C)OC(=O)C[C@@H]1C/C=C/CCC(=O)NC(c2ccccc2)COC1=O.CN1CC(c2ccccc2)OC(=O)CC/C=C/C[C@@H](CC(=O)NCc2ccc(Cl)cc2)C1=O.CN1CC(c2ccccc2)OC(=O)CC/C=C/C[C@@H](CC(=O)OC(C)(C)C)C1=O.O=C(C[C@@H]1C/C=C/CCC(=O)OC(c2ccccc2)CNC1=O)NCc1cccs1. The predicted octanol–water partition coefficient (Wildman–Crippen LogP) is 15.2. The molecule has 0 bridgehead atoms. The van der Waals surface area contributed by atoms with Crippen molar-refractivity contribution in [2.24, 2.45) is 23.7 Å². The maximum Gasteiger partial charge on any atom is 0.309 e. The van der Waals surface area contributed by atoms with Gasteiger partial charge in [0.05, 0.1) is 68.7 Å². The number of ether oxygens (including phenoxy) is 6. The van der Waals surface area contributed by atoms with Gasteiger partial charge in [0, 0.05) is 69.1 Å². The van der Waals surface area contributed by atoms with Crippen molar-refractivity contribution in [3.05, 3.63) is 249 Å². The maximum atomic E-state index is 13.2. The highest BCUT2D eigenvalue weighted by atomic mass is 35.5. The van der Waals surface area contributed by atoms with Gasteiger partial charge in [-0.1, -0.05) is 200 Å². The molecule has 0 aliphatic carbocycles. The lowest BCUT2D eigenvalue weighted by Gasteiger charge is -2.28. The zero-order valence-electron chi connectivity index (χ0n) is 69.9. The van der Waals surface area contributed by atoms with Crippen LogP contribution < -0.4 is 21.3 Å². The molecule has 0 spiro atoms. The lowest BCUT2D eigenvalue weighted by atomic mass is 9.97. The average Bonchev–Trinajstić information content (AvgIpc) is 0.983. The molecule has 6 amide bonds. The van der Waals surface area contributed by atoms with E-state index >= 15 is 0 Å². The van der Waals surface area contributed by atoms with Gasteiger partial charge in [0.1, 0.15) is 36.1 Å². The van der Waals surface area contributed by atoms with Crippen LogP contribution in [0, 0.1) is 23.7 Å². The normalized spacial score (nSPS) is 21.9. The molecule has 6 aromatic rings. The Morgan fingerprint density at radius 1 is 0.467 bits per heavy atom. The summed E-state index contributed by atoms with van der Waals surface area (Å²) in [7, 11) is 3.35. The van der Waals surface area contributed by atoms with E-state index in [2.05, 4.69) is 21.3 Å². The van der Waals surface area contributed by atoms with Gasteiger partial charge < -0.3 is 59.5 Å². The summed E-state index contributed by atoms with van der Waals surface area (Å²) < 4.78 is 33.1. The van der Waals surface area contributed by atoms with Crippen LogP contribution in [0.4, 0.5) is 0 Å². The molecule has 5 heterocycles. The minimum atomic E-state index is -0.613.